The molecule has 0 aromatic heterocycles. The van der Waals surface area contributed by atoms with Crippen molar-refractivity contribution >= 4 is 7.82 Å². The van der Waals surface area contributed by atoms with E-state index in [4.69, 9.17) is 4.74 Å². The number of phosphoric acid groups is 1. The maximum Gasteiger partial charge on any atom is 1.00 e. The zero-order valence-corrected chi connectivity index (χ0v) is 28.5. The van der Waals surface area contributed by atoms with Gasteiger partial charge in [0, 0.05) is 0 Å². The monoisotopic (exact) mass is 534 g/mol. The molecule has 0 fully saturated rings. The summed E-state index contributed by atoms with van der Waals surface area (Å²) >= 11 is 0. The summed E-state index contributed by atoms with van der Waals surface area (Å²) in [7, 11) is -5.03. The Balaban J connectivity index is 0. The van der Waals surface area contributed by atoms with Crippen LogP contribution in [0.15, 0.2) is 24.3 Å². The molecule has 1 rings (SSSR count). The number of hydrogen-bond donors (Lipinski definition) is 0. The Morgan fingerprint density at radius 1 is 0.788 bits per heavy atom. The molecule has 0 aliphatic heterocycles. The fourth-order valence-corrected chi connectivity index (χ4v) is 3.81. The second-order valence-electron chi connectivity index (χ2n) is 8.43. The zero-order chi connectivity index (χ0) is 22.8. The second-order valence-corrected chi connectivity index (χ2v) is 9.47. The van der Waals surface area contributed by atoms with Crippen LogP contribution in [0.1, 0.15) is 102 Å². The average Bonchev–Trinajstić information content (AvgIpc) is 2.72. The van der Waals surface area contributed by atoms with Crippen molar-refractivity contribution in [3.63, 3.8) is 0 Å². The van der Waals surface area contributed by atoms with Gasteiger partial charge in [0.2, 0.25) is 0 Å². The first kappa shape index (κ1) is 37.5. The topological polar surface area (TPSA) is 90.9 Å². The summed E-state index contributed by atoms with van der Waals surface area (Å²) in [6, 6.07) is 8.18. The first-order valence-electron chi connectivity index (χ1n) is 11.9. The van der Waals surface area contributed by atoms with Crippen LogP contribution in [0.5, 0.6) is 5.75 Å². The van der Waals surface area contributed by atoms with Crippen molar-refractivity contribution in [2.45, 2.75) is 110 Å². The summed E-state index contributed by atoms with van der Waals surface area (Å²) in [5.74, 6) is 1.01. The third-order valence-corrected chi connectivity index (χ3v) is 5.67. The number of rotatable bonds is 20. The van der Waals surface area contributed by atoms with Gasteiger partial charge in [-0.2, -0.15) is 0 Å². The molecule has 6 nitrogen and oxygen atoms in total. The summed E-state index contributed by atoms with van der Waals surface area (Å²) in [5, 5.41) is 0. The van der Waals surface area contributed by atoms with Crippen LogP contribution >= 0.6 is 7.82 Å². The van der Waals surface area contributed by atoms with E-state index in [0.29, 0.717) is 6.42 Å². The molecule has 1 unspecified atom stereocenters. The third-order valence-electron chi connectivity index (χ3n) is 5.40. The third kappa shape index (κ3) is 24.5. The number of unbranched alkanes of at least 4 members (excludes halogenated alkanes) is 12. The minimum atomic E-state index is -5.03. The van der Waals surface area contributed by atoms with Crippen LogP contribution < -0.4 is 117 Å². The van der Waals surface area contributed by atoms with E-state index in [1.54, 1.807) is 6.92 Å². The van der Waals surface area contributed by atoms with Crippen molar-refractivity contribution in [2.75, 3.05) is 6.61 Å². The molecule has 0 radical (unpaired) electrons. The van der Waals surface area contributed by atoms with E-state index in [1.165, 1.54) is 69.8 Å². The maximum absolute atomic E-state index is 10.3. The minimum Gasteiger partial charge on any atom is -0.788 e. The van der Waals surface area contributed by atoms with Gasteiger partial charge >= 0.3 is 103 Å². The molecule has 0 N–H and O–H groups in total. The predicted molar refractivity (Wildman–Crippen MR) is 121 cm³/mol. The molecule has 0 bridgehead atoms. The number of ether oxygens (including phenoxy) is 1. The van der Waals surface area contributed by atoms with Gasteiger partial charge in [-0.1, -0.05) is 95.2 Å². The summed E-state index contributed by atoms with van der Waals surface area (Å²) < 4.78 is 20.0. The molecule has 0 spiro atoms. The van der Waals surface area contributed by atoms with Gasteiger partial charge in [-0.25, -0.2) is 9.56 Å². The summed E-state index contributed by atoms with van der Waals surface area (Å²) in [6.07, 6.45) is 16.3. The molecule has 0 aliphatic rings. The molecule has 0 heterocycles. The predicted octanol–water partition coefficient (Wildman–Crippen LogP) is 0.00862. The molecule has 9 heteroatoms. The standard InChI is InChI=1S/C24H43O6P.2K/c1-22-18-15-16-20-24(22)28-21-17-13-11-9-7-5-3-4-6-8-10-12-14-19-23(2)29-30-31(25,26)27;;/h15-16,18,20,23H,3-14,17,19,21H2,1-2H3,(H2,25,26,27);;/q;2*+1/p-2. The molecule has 0 saturated heterocycles. The van der Waals surface area contributed by atoms with Crippen LogP contribution in [0, 0.1) is 6.92 Å². The molecule has 33 heavy (non-hydrogen) atoms. The van der Waals surface area contributed by atoms with Crippen LogP contribution in [-0.4, -0.2) is 12.7 Å². The van der Waals surface area contributed by atoms with Crippen molar-refractivity contribution in [3.8, 4) is 5.75 Å². The average molecular weight is 535 g/mol. The van der Waals surface area contributed by atoms with E-state index in [9.17, 15) is 14.4 Å². The van der Waals surface area contributed by atoms with E-state index in [2.05, 4.69) is 22.6 Å². The summed E-state index contributed by atoms with van der Waals surface area (Å²) in [4.78, 5) is 25.2. The van der Waals surface area contributed by atoms with E-state index < -0.39 is 7.82 Å². The van der Waals surface area contributed by atoms with Crippen molar-refractivity contribution < 1.29 is 131 Å². The Morgan fingerprint density at radius 3 is 1.73 bits per heavy atom. The molecular formula is C24H41K2O6P. The first-order valence-corrected chi connectivity index (χ1v) is 13.4. The fourth-order valence-electron chi connectivity index (χ4n) is 3.55. The number of para-hydroxylation sites is 1. The van der Waals surface area contributed by atoms with Gasteiger partial charge in [0.05, 0.1) is 12.7 Å². The minimum absolute atomic E-state index is 0. The Hall–Kier alpha value is 2.36. The van der Waals surface area contributed by atoms with Gasteiger partial charge in [-0.3, -0.25) is 0 Å². The Morgan fingerprint density at radius 2 is 1.24 bits per heavy atom. The Bertz CT molecular complexity index is 614. The van der Waals surface area contributed by atoms with Crippen LogP contribution in [0.2, 0.25) is 0 Å². The summed E-state index contributed by atoms with van der Waals surface area (Å²) in [6.45, 7) is 4.60. The molecule has 0 saturated carbocycles. The maximum atomic E-state index is 10.3. The van der Waals surface area contributed by atoms with E-state index in [0.717, 1.165) is 31.6 Å². The second kappa shape index (κ2) is 24.7. The van der Waals surface area contributed by atoms with E-state index in [-0.39, 0.29) is 109 Å². The molecule has 1 aromatic carbocycles. The molecular weight excluding hydrogens is 493 g/mol. The zero-order valence-electron chi connectivity index (χ0n) is 21.4. The smallest absolute Gasteiger partial charge is 0.788 e. The normalized spacial score (nSPS) is 12.0. The molecule has 180 valence electrons. The molecule has 1 aromatic rings. The van der Waals surface area contributed by atoms with Crippen molar-refractivity contribution in [3.05, 3.63) is 29.8 Å². The van der Waals surface area contributed by atoms with Crippen molar-refractivity contribution in [1.82, 2.24) is 0 Å². The van der Waals surface area contributed by atoms with Gasteiger partial charge in [0.15, 0.2) is 0 Å². The van der Waals surface area contributed by atoms with Gasteiger partial charge in [0.25, 0.3) is 0 Å². The van der Waals surface area contributed by atoms with Gasteiger partial charge in [0.1, 0.15) is 13.6 Å². The molecule has 0 amide bonds. The summed E-state index contributed by atoms with van der Waals surface area (Å²) in [5.41, 5.74) is 1.20. The van der Waals surface area contributed by atoms with E-state index in [1.807, 2.05) is 18.2 Å². The first-order chi connectivity index (χ1) is 14.9. The number of benzene rings is 1. The van der Waals surface area contributed by atoms with Crippen LogP contribution in [0.25, 0.3) is 0 Å². The Labute approximate surface area is 286 Å². The van der Waals surface area contributed by atoms with Gasteiger partial charge < -0.3 is 19.1 Å². The fraction of sp³-hybridized carbons (Fsp3) is 0.750. The quantitative estimate of drug-likeness (QED) is 0.0770. The van der Waals surface area contributed by atoms with Gasteiger partial charge in [-0.05, 0) is 38.3 Å². The van der Waals surface area contributed by atoms with Crippen molar-refractivity contribution in [2.24, 2.45) is 0 Å². The van der Waals surface area contributed by atoms with E-state index >= 15 is 0 Å². The van der Waals surface area contributed by atoms with Gasteiger partial charge in [-0.15, -0.1) is 0 Å². The SMILES string of the molecule is Cc1ccccc1OCCCCCCCCCCCCCCCC(C)OOP(=O)([O-])[O-].[K+].[K+]. The van der Waals surface area contributed by atoms with Crippen LogP contribution in [-0.2, 0) is 14.1 Å². The Kier molecular flexibility index (Phi) is 28.1. The van der Waals surface area contributed by atoms with Crippen molar-refractivity contribution in [1.29, 1.82) is 0 Å². The number of hydrogen-bond acceptors (Lipinski definition) is 6. The number of aryl methyl sites for hydroxylation is 1. The molecule has 0 aliphatic carbocycles. The van der Waals surface area contributed by atoms with Crippen LogP contribution in [0.3, 0.4) is 0 Å². The van der Waals surface area contributed by atoms with Crippen LogP contribution in [0.4, 0.5) is 0 Å². The molecule has 1 atom stereocenters. The largest absolute Gasteiger partial charge is 1.00 e.